The second kappa shape index (κ2) is 7.49. The standard InChI is InChI=1S/C18H31N5O/c1-13(2)22(5)9-7-6-8-14-10-15-16(17(19)21-14)20-12-23(15)11-18(3,4)24/h10,12-13,24H,6-9,11H2,1-5H3,(H2,19,21). The molecule has 2 rings (SSSR count). The van der Waals surface area contributed by atoms with E-state index >= 15 is 0 Å². The number of nitrogen functional groups attached to an aromatic ring is 1. The molecule has 2 aromatic heterocycles. The van der Waals surface area contributed by atoms with E-state index < -0.39 is 5.60 Å². The van der Waals surface area contributed by atoms with Gasteiger partial charge in [-0.15, -0.1) is 0 Å². The summed E-state index contributed by atoms with van der Waals surface area (Å²) >= 11 is 0. The van der Waals surface area contributed by atoms with Crippen LogP contribution < -0.4 is 5.73 Å². The number of nitrogens with two attached hydrogens (primary N) is 1. The summed E-state index contributed by atoms with van der Waals surface area (Å²) in [6.07, 6.45) is 4.84. The minimum Gasteiger partial charge on any atom is -0.389 e. The van der Waals surface area contributed by atoms with Gasteiger partial charge in [0.1, 0.15) is 5.52 Å². The van der Waals surface area contributed by atoms with Crippen molar-refractivity contribution in [2.24, 2.45) is 0 Å². The van der Waals surface area contributed by atoms with Crippen molar-refractivity contribution < 1.29 is 5.11 Å². The van der Waals surface area contributed by atoms with Gasteiger partial charge in [0.2, 0.25) is 0 Å². The van der Waals surface area contributed by atoms with Gasteiger partial charge in [-0.05, 0) is 66.6 Å². The number of aryl methyl sites for hydroxylation is 1. The number of nitrogens with zero attached hydrogens (tertiary/aromatic N) is 4. The van der Waals surface area contributed by atoms with Gasteiger partial charge in [-0.2, -0.15) is 0 Å². The van der Waals surface area contributed by atoms with Gasteiger partial charge in [-0.3, -0.25) is 0 Å². The molecule has 0 atom stereocenters. The van der Waals surface area contributed by atoms with Gasteiger partial charge in [0, 0.05) is 11.7 Å². The molecule has 6 heteroatoms. The Labute approximate surface area is 144 Å². The van der Waals surface area contributed by atoms with Crippen LogP contribution in [0.4, 0.5) is 5.82 Å². The lowest BCUT2D eigenvalue weighted by Gasteiger charge is -2.20. The SMILES string of the molecule is CC(C)N(C)CCCCc1cc2c(ncn2CC(C)(C)O)c(N)n1. The molecule has 0 radical (unpaired) electrons. The maximum Gasteiger partial charge on any atom is 0.151 e. The van der Waals surface area contributed by atoms with Gasteiger partial charge in [0.05, 0.1) is 24.0 Å². The molecule has 6 nitrogen and oxygen atoms in total. The molecule has 0 saturated carbocycles. The Bertz CT molecular complexity index is 672. The minimum absolute atomic E-state index is 0.469. The van der Waals surface area contributed by atoms with Crippen molar-refractivity contribution in [2.75, 3.05) is 19.3 Å². The lowest BCUT2D eigenvalue weighted by molar-refractivity contribution is 0.0626. The van der Waals surface area contributed by atoms with E-state index in [4.69, 9.17) is 5.73 Å². The molecule has 0 saturated heterocycles. The molecule has 0 bridgehead atoms. The molecule has 3 N–H and O–H groups in total. The zero-order valence-corrected chi connectivity index (χ0v) is 15.6. The third-order valence-corrected chi connectivity index (χ3v) is 4.32. The Hall–Kier alpha value is -1.66. The van der Waals surface area contributed by atoms with Gasteiger partial charge in [0.15, 0.2) is 5.82 Å². The number of imidazole rings is 1. The number of aliphatic hydroxyl groups is 1. The molecule has 0 aromatic carbocycles. The quantitative estimate of drug-likeness (QED) is 0.725. The lowest BCUT2D eigenvalue weighted by Crippen LogP contribution is -2.27. The highest BCUT2D eigenvalue weighted by Gasteiger charge is 2.17. The number of pyridine rings is 1. The zero-order chi connectivity index (χ0) is 17.9. The highest BCUT2D eigenvalue weighted by atomic mass is 16.3. The number of unbranched alkanes of at least 4 members (excludes halogenated alkanes) is 1. The van der Waals surface area contributed by atoms with Crippen LogP contribution in [0.1, 0.15) is 46.2 Å². The summed E-state index contributed by atoms with van der Waals surface area (Å²) in [5.41, 5.74) is 7.91. The second-order valence-electron chi connectivity index (χ2n) is 7.58. The van der Waals surface area contributed by atoms with Crippen molar-refractivity contribution in [3.8, 4) is 0 Å². The van der Waals surface area contributed by atoms with Crippen molar-refractivity contribution in [1.82, 2.24) is 19.4 Å². The number of aromatic nitrogens is 3. The van der Waals surface area contributed by atoms with Crippen molar-refractivity contribution in [3.05, 3.63) is 18.1 Å². The first-order valence-electron chi connectivity index (χ1n) is 8.70. The van der Waals surface area contributed by atoms with E-state index in [1.165, 1.54) is 0 Å². The van der Waals surface area contributed by atoms with Gasteiger partial charge < -0.3 is 20.3 Å². The molecule has 0 spiro atoms. The second-order valence-corrected chi connectivity index (χ2v) is 7.58. The average molecular weight is 333 g/mol. The van der Waals surface area contributed by atoms with E-state index in [1.807, 2.05) is 4.57 Å². The van der Waals surface area contributed by atoms with Crippen LogP contribution in [0, 0.1) is 0 Å². The highest BCUT2D eigenvalue weighted by Crippen LogP contribution is 2.22. The Morgan fingerprint density at radius 3 is 2.67 bits per heavy atom. The molecular formula is C18H31N5O. The summed E-state index contributed by atoms with van der Waals surface area (Å²) in [5, 5.41) is 10.1. The van der Waals surface area contributed by atoms with Gasteiger partial charge in [0.25, 0.3) is 0 Å². The fourth-order valence-corrected chi connectivity index (χ4v) is 2.73. The van der Waals surface area contributed by atoms with E-state index in [9.17, 15) is 5.11 Å². The van der Waals surface area contributed by atoms with Crippen molar-refractivity contribution in [1.29, 1.82) is 0 Å². The summed E-state index contributed by atoms with van der Waals surface area (Å²) < 4.78 is 1.95. The summed E-state index contributed by atoms with van der Waals surface area (Å²) in [5.74, 6) is 0.469. The van der Waals surface area contributed by atoms with Crippen LogP contribution in [0.15, 0.2) is 12.4 Å². The largest absolute Gasteiger partial charge is 0.389 e. The van der Waals surface area contributed by atoms with Crippen molar-refractivity contribution in [3.63, 3.8) is 0 Å². The van der Waals surface area contributed by atoms with Crippen LogP contribution >= 0.6 is 0 Å². The molecule has 2 aromatic rings. The third-order valence-electron chi connectivity index (χ3n) is 4.32. The Morgan fingerprint density at radius 2 is 2.04 bits per heavy atom. The van der Waals surface area contributed by atoms with E-state index in [2.05, 4.69) is 41.8 Å². The number of fused-ring (bicyclic) bond motifs is 1. The first-order valence-corrected chi connectivity index (χ1v) is 8.70. The maximum atomic E-state index is 10.1. The Kier molecular flexibility index (Phi) is 5.83. The van der Waals surface area contributed by atoms with Crippen molar-refractivity contribution in [2.45, 2.75) is 65.1 Å². The topological polar surface area (TPSA) is 80.2 Å². The number of hydrogen-bond donors (Lipinski definition) is 2. The van der Waals surface area contributed by atoms with Crippen LogP contribution in [0.25, 0.3) is 11.0 Å². The van der Waals surface area contributed by atoms with Gasteiger partial charge in [-0.1, -0.05) is 0 Å². The van der Waals surface area contributed by atoms with Crippen LogP contribution in [-0.2, 0) is 13.0 Å². The lowest BCUT2D eigenvalue weighted by atomic mass is 10.1. The first kappa shape index (κ1) is 18.7. The number of rotatable bonds is 8. The van der Waals surface area contributed by atoms with Crippen molar-refractivity contribution >= 4 is 16.9 Å². The molecule has 134 valence electrons. The third kappa shape index (κ3) is 4.92. The summed E-state index contributed by atoms with van der Waals surface area (Å²) in [6.45, 7) is 9.56. The van der Waals surface area contributed by atoms with Gasteiger partial charge in [-0.25, -0.2) is 9.97 Å². The minimum atomic E-state index is -0.798. The molecule has 0 unspecified atom stereocenters. The molecule has 0 fully saturated rings. The number of hydrogen-bond acceptors (Lipinski definition) is 5. The number of anilines is 1. The van der Waals surface area contributed by atoms with E-state index in [0.717, 1.165) is 37.0 Å². The Balaban J connectivity index is 2.07. The highest BCUT2D eigenvalue weighted by molar-refractivity contribution is 5.85. The summed E-state index contributed by atoms with van der Waals surface area (Å²) in [7, 11) is 2.15. The Morgan fingerprint density at radius 1 is 1.33 bits per heavy atom. The first-order chi connectivity index (χ1) is 11.2. The summed E-state index contributed by atoms with van der Waals surface area (Å²) in [6, 6.07) is 2.63. The molecule has 0 aliphatic carbocycles. The van der Waals surface area contributed by atoms with Gasteiger partial charge >= 0.3 is 0 Å². The van der Waals surface area contributed by atoms with Crippen LogP contribution in [0.5, 0.6) is 0 Å². The molecule has 0 aliphatic heterocycles. The fourth-order valence-electron chi connectivity index (χ4n) is 2.73. The van der Waals surface area contributed by atoms with E-state index in [1.54, 1.807) is 20.2 Å². The predicted molar refractivity (Wildman–Crippen MR) is 98.9 cm³/mol. The van der Waals surface area contributed by atoms with Crippen LogP contribution in [-0.4, -0.2) is 49.8 Å². The van der Waals surface area contributed by atoms with E-state index in [0.29, 0.717) is 23.9 Å². The zero-order valence-electron chi connectivity index (χ0n) is 15.6. The molecule has 0 aliphatic rings. The summed E-state index contributed by atoms with van der Waals surface area (Å²) in [4.78, 5) is 11.2. The van der Waals surface area contributed by atoms with Crippen LogP contribution in [0.3, 0.4) is 0 Å². The average Bonchev–Trinajstić information content (AvgIpc) is 2.85. The predicted octanol–water partition coefficient (Wildman–Crippen LogP) is 2.45. The van der Waals surface area contributed by atoms with Crippen LogP contribution in [0.2, 0.25) is 0 Å². The molecular weight excluding hydrogens is 302 g/mol. The molecule has 24 heavy (non-hydrogen) atoms. The maximum absolute atomic E-state index is 10.1. The molecule has 2 heterocycles. The molecule has 0 amide bonds. The smallest absolute Gasteiger partial charge is 0.151 e. The fraction of sp³-hybridized carbons (Fsp3) is 0.667. The van der Waals surface area contributed by atoms with E-state index in [-0.39, 0.29) is 0 Å². The normalized spacial score (nSPS) is 12.7. The monoisotopic (exact) mass is 333 g/mol.